The highest BCUT2D eigenvalue weighted by Crippen LogP contribution is 2.57. The van der Waals surface area contributed by atoms with Gasteiger partial charge in [0.15, 0.2) is 0 Å². The highest BCUT2D eigenvalue weighted by atomic mass is 35.5. The van der Waals surface area contributed by atoms with Gasteiger partial charge in [0.25, 0.3) is 0 Å². The van der Waals surface area contributed by atoms with Gasteiger partial charge in [-0.15, -0.1) is 12.4 Å². The quantitative estimate of drug-likeness (QED) is 0.754. The van der Waals surface area contributed by atoms with Gasteiger partial charge in [-0.2, -0.15) is 0 Å². The van der Waals surface area contributed by atoms with Gasteiger partial charge in [-0.05, 0) is 37.1 Å². The van der Waals surface area contributed by atoms with Gasteiger partial charge in [0.1, 0.15) is 0 Å². The van der Waals surface area contributed by atoms with E-state index >= 15 is 0 Å². The lowest BCUT2D eigenvalue weighted by atomic mass is 10.0. The lowest BCUT2D eigenvalue weighted by molar-refractivity contribution is -0.132. The molecule has 1 saturated carbocycles. The second kappa shape index (κ2) is 4.19. The Hall–Kier alpha value is -0.280. The number of nitrogens with zero attached hydrogens (tertiary/aromatic N) is 1. The lowest BCUT2D eigenvalue weighted by Crippen LogP contribution is -2.32. The zero-order valence-corrected chi connectivity index (χ0v) is 10.7. The largest absolute Gasteiger partial charge is 0.342 e. The molecular weight excluding hydrogens is 224 g/mol. The maximum Gasteiger partial charge on any atom is 0.226 e. The molecule has 4 heteroatoms. The van der Waals surface area contributed by atoms with Crippen LogP contribution in [0.4, 0.5) is 0 Å². The average molecular weight is 245 g/mol. The van der Waals surface area contributed by atoms with Crippen LogP contribution in [0.2, 0.25) is 0 Å². The summed E-state index contributed by atoms with van der Waals surface area (Å²) in [5, 5.41) is 3.39. The summed E-state index contributed by atoms with van der Waals surface area (Å²) in [6, 6.07) is 0. The van der Waals surface area contributed by atoms with Crippen LogP contribution in [0.5, 0.6) is 0 Å². The first-order chi connectivity index (χ1) is 7.21. The predicted molar refractivity (Wildman–Crippen MR) is 65.6 cm³/mol. The Morgan fingerprint density at radius 2 is 2.31 bits per heavy atom. The number of likely N-dealkylation sites (tertiary alicyclic amines) is 1. The standard InChI is InChI=1S/C12H20N2O.ClH/c1-9-2-5-14(7-9)11(15)10-6-12(10)3-4-13-8-12;/h9-10,13H,2-8H2,1H3;1H. The Morgan fingerprint density at radius 1 is 1.50 bits per heavy atom. The first kappa shape index (κ1) is 12.2. The van der Waals surface area contributed by atoms with Crippen molar-refractivity contribution in [3.63, 3.8) is 0 Å². The summed E-state index contributed by atoms with van der Waals surface area (Å²) in [5.41, 5.74) is 0.378. The fourth-order valence-corrected chi connectivity index (χ4v) is 3.29. The molecule has 1 aliphatic carbocycles. The molecule has 3 unspecified atom stereocenters. The molecule has 2 aliphatic heterocycles. The molecule has 0 radical (unpaired) electrons. The molecule has 3 fully saturated rings. The number of hydrogen-bond donors (Lipinski definition) is 1. The number of amides is 1. The molecule has 16 heavy (non-hydrogen) atoms. The molecule has 3 aliphatic rings. The number of nitrogens with one attached hydrogen (secondary N) is 1. The lowest BCUT2D eigenvalue weighted by Gasteiger charge is -2.17. The number of halogens is 1. The van der Waals surface area contributed by atoms with E-state index in [1.807, 2.05) is 0 Å². The molecule has 1 N–H and O–H groups in total. The second-order valence-electron chi connectivity index (χ2n) is 5.72. The normalized spacial score (nSPS) is 41.2. The van der Waals surface area contributed by atoms with Crippen molar-refractivity contribution in [3.8, 4) is 0 Å². The average Bonchev–Trinajstić information content (AvgIpc) is 2.60. The molecule has 1 spiro atoms. The minimum Gasteiger partial charge on any atom is -0.342 e. The molecule has 3 nitrogen and oxygen atoms in total. The highest BCUT2D eigenvalue weighted by Gasteiger charge is 2.59. The van der Waals surface area contributed by atoms with Crippen LogP contribution in [0.25, 0.3) is 0 Å². The third-order valence-corrected chi connectivity index (χ3v) is 4.50. The van der Waals surface area contributed by atoms with Gasteiger partial charge in [-0.25, -0.2) is 0 Å². The maximum absolute atomic E-state index is 12.2. The molecule has 0 aromatic carbocycles. The predicted octanol–water partition coefficient (Wildman–Crippen LogP) is 1.28. The summed E-state index contributed by atoms with van der Waals surface area (Å²) in [6.07, 6.45) is 3.56. The third kappa shape index (κ3) is 1.84. The smallest absolute Gasteiger partial charge is 0.226 e. The SMILES string of the molecule is CC1CCN(C(=O)C2CC23CCNC3)C1.Cl. The second-order valence-corrected chi connectivity index (χ2v) is 5.72. The van der Waals surface area contributed by atoms with E-state index in [9.17, 15) is 4.79 Å². The van der Waals surface area contributed by atoms with E-state index in [0.29, 0.717) is 23.2 Å². The molecule has 3 rings (SSSR count). The highest BCUT2D eigenvalue weighted by molar-refractivity contribution is 5.85. The Labute approximate surface area is 103 Å². The van der Waals surface area contributed by atoms with Crippen LogP contribution < -0.4 is 5.32 Å². The van der Waals surface area contributed by atoms with Gasteiger partial charge in [0.2, 0.25) is 5.91 Å². The van der Waals surface area contributed by atoms with Crippen molar-refractivity contribution in [2.45, 2.75) is 26.2 Å². The van der Waals surface area contributed by atoms with E-state index in [4.69, 9.17) is 0 Å². The molecule has 2 heterocycles. The minimum atomic E-state index is 0. The molecular formula is C12H21ClN2O. The summed E-state index contributed by atoms with van der Waals surface area (Å²) in [4.78, 5) is 14.3. The van der Waals surface area contributed by atoms with Gasteiger partial charge < -0.3 is 10.2 Å². The monoisotopic (exact) mass is 244 g/mol. The first-order valence-corrected chi connectivity index (χ1v) is 6.21. The van der Waals surface area contributed by atoms with E-state index in [1.54, 1.807) is 0 Å². The third-order valence-electron chi connectivity index (χ3n) is 4.50. The van der Waals surface area contributed by atoms with Crippen molar-refractivity contribution in [1.82, 2.24) is 10.2 Å². The van der Waals surface area contributed by atoms with Crippen molar-refractivity contribution < 1.29 is 4.79 Å². The molecule has 1 amide bonds. The van der Waals surface area contributed by atoms with Gasteiger partial charge in [-0.3, -0.25) is 4.79 Å². The number of carbonyl (C=O) groups excluding carboxylic acids is 1. The van der Waals surface area contributed by atoms with Crippen LogP contribution in [-0.2, 0) is 4.79 Å². The van der Waals surface area contributed by atoms with E-state index in [2.05, 4.69) is 17.1 Å². The summed E-state index contributed by atoms with van der Waals surface area (Å²) in [6.45, 7) is 6.43. The zero-order valence-electron chi connectivity index (χ0n) is 9.87. The Balaban J connectivity index is 0.000000963. The van der Waals surface area contributed by atoms with Gasteiger partial charge >= 0.3 is 0 Å². The van der Waals surface area contributed by atoms with E-state index in [0.717, 1.165) is 32.6 Å². The maximum atomic E-state index is 12.2. The van der Waals surface area contributed by atoms with Gasteiger partial charge in [0, 0.05) is 25.6 Å². The van der Waals surface area contributed by atoms with Crippen LogP contribution in [0.15, 0.2) is 0 Å². The van der Waals surface area contributed by atoms with Crippen molar-refractivity contribution >= 4 is 18.3 Å². The fourth-order valence-electron chi connectivity index (χ4n) is 3.29. The summed E-state index contributed by atoms with van der Waals surface area (Å²) < 4.78 is 0. The fraction of sp³-hybridized carbons (Fsp3) is 0.917. The van der Waals surface area contributed by atoms with Crippen LogP contribution in [0, 0.1) is 17.3 Å². The van der Waals surface area contributed by atoms with Crippen LogP contribution >= 0.6 is 12.4 Å². The zero-order chi connectivity index (χ0) is 10.5. The molecule has 3 atom stereocenters. The summed E-state index contributed by atoms with van der Waals surface area (Å²) >= 11 is 0. The van der Waals surface area contributed by atoms with Crippen LogP contribution in [-0.4, -0.2) is 37.0 Å². The molecule has 92 valence electrons. The van der Waals surface area contributed by atoms with E-state index in [1.165, 1.54) is 12.8 Å². The Morgan fingerprint density at radius 3 is 2.88 bits per heavy atom. The topological polar surface area (TPSA) is 32.3 Å². The summed E-state index contributed by atoms with van der Waals surface area (Å²) in [5.74, 6) is 1.52. The first-order valence-electron chi connectivity index (χ1n) is 6.21. The van der Waals surface area contributed by atoms with Crippen molar-refractivity contribution in [2.24, 2.45) is 17.3 Å². The number of hydrogen-bond acceptors (Lipinski definition) is 2. The van der Waals surface area contributed by atoms with Gasteiger partial charge in [-0.1, -0.05) is 6.92 Å². The molecule has 0 aromatic heterocycles. The number of carbonyl (C=O) groups is 1. The summed E-state index contributed by atoms with van der Waals surface area (Å²) in [7, 11) is 0. The molecule has 0 bridgehead atoms. The van der Waals surface area contributed by atoms with Gasteiger partial charge in [0.05, 0.1) is 0 Å². The van der Waals surface area contributed by atoms with Crippen molar-refractivity contribution in [1.29, 1.82) is 0 Å². The van der Waals surface area contributed by atoms with Crippen LogP contribution in [0.3, 0.4) is 0 Å². The van der Waals surface area contributed by atoms with E-state index in [-0.39, 0.29) is 12.4 Å². The van der Waals surface area contributed by atoms with E-state index < -0.39 is 0 Å². The minimum absolute atomic E-state index is 0. The Kier molecular flexibility index (Phi) is 3.19. The molecule has 0 aromatic rings. The Bertz CT molecular complexity index is 289. The number of rotatable bonds is 1. The van der Waals surface area contributed by atoms with Crippen molar-refractivity contribution in [2.75, 3.05) is 26.2 Å². The van der Waals surface area contributed by atoms with Crippen molar-refractivity contribution in [3.05, 3.63) is 0 Å². The molecule has 2 saturated heterocycles. The van der Waals surface area contributed by atoms with Crippen LogP contribution in [0.1, 0.15) is 26.2 Å².